The molecule has 1 N–H and O–H groups in total. The quantitative estimate of drug-likeness (QED) is 0.698. The minimum Gasteiger partial charge on any atom is -0.324 e. The Kier molecular flexibility index (Phi) is 3.76. The molecular formula is C8H17O3P. The Morgan fingerprint density at radius 3 is 2.50 bits per heavy atom. The van der Waals surface area contributed by atoms with E-state index in [-0.39, 0.29) is 0 Å². The minimum atomic E-state index is -3.23. The summed E-state index contributed by atoms with van der Waals surface area (Å²) in [5.41, 5.74) is 0. The fraction of sp³-hybridized carbons (Fsp3) is 1.00. The molecule has 1 rings (SSSR count). The SMILES string of the molecule is CP(=O)(O)OCC1CCCCC1. The molecule has 1 unspecified atom stereocenters. The third kappa shape index (κ3) is 4.24. The van der Waals surface area contributed by atoms with Crippen molar-refractivity contribution in [3.8, 4) is 0 Å². The van der Waals surface area contributed by atoms with Gasteiger partial charge in [0.25, 0.3) is 0 Å². The number of hydrogen-bond acceptors (Lipinski definition) is 2. The van der Waals surface area contributed by atoms with Crippen LogP contribution in [0, 0.1) is 5.92 Å². The Labute approximate surface area is 73.7 Å². The van der Waals surface area contributed by atoms with Crippen molar-refractivity contribution in [3.05, 3.63) is 0 Å². The van der Waals surface area contributed by atoms with E-state index in [2.05, 4.69) is 0 Å². The van der Waals surface area contributed by atoms with Gasteiger partial charge in [0, 0.05) is 6.66 Å². The summed E-state index contributed by atoms with van der Waals surface area (Å²) in [6, 6.07) is 0. The van der Waals surface area contributed by atoms with Crippen LogP contribution in [0.15, 0.2) is 0 Å². The highest BCUT2D eigenvalue weighted by Crippen LogP contribution is 2.38. The van der Waals surface area contributed by atoms with Gasteiger partial charge in [0.05, 0.1) is 6.61 Å². The predicted octanol–water partition coefficient (Wildman–Crippen LogP) is 2.40. The van der Waals surface area contributed by atoms with E-state index in [1.807, 2.05) is 0 Å². The lowest BCUT2D eigenvalue weighted by molar-refractivity contribution is 0.189. The molecule has 1 aliphatic rings. The molecule has 72 valence electrons. The maximum Gasteiger partial charge on any atom is 0.325 e. The van der Waals surface area contributed by atoms with Gasteiger partial charge in [-0.15, -0.1) is 0 Å². The summed E-state index contributed by atoms with van der Waals surface area (Å²) in [6.45, 7) is 1.71. The molecule has 0 aromatic heterocycles. The van der Waals surface area contributed by atoms with E-state index < -0.39 is 7.60 Å². The van der Waals surface area contributed by atoms with Crippen LogP contribution in [-0.4, -0.2) is 18.2 Å². The lowest BCUT2D eigenvalue weighted by Crippen LogP contribution is -2.12. The van der Waals surface area contributed by atoms with Gasteiger partial charge in [-0.2, -0.15) is 0 Å². The van der Waals surface area contributed by atoms with Gasteiger partial charge in [0.1, 0.15) is 0 Å². The molecule has 3 nitrogen and oxygen atoms in total. The summed E-state index contributed by atoms with van der Waals surface area (Å²) in [4.78, 5) is 8.88. The Morgan fingerprint density at radius 1 is 1.42 bits per heavy atom. The molecule has 0 aromatic rings. The summed E-state index contributed by atoms with van der Waals surface area (Å²) in [5, 5.41) is 0. The topological polar surface area (TPSA) is 46.5 Å². The maximum atomic E-state index is 10.8. The summed E-state index contributed by atoms with van der Waals surface area (Å²) < 4.78 is 15.7. The van der Waals surface area contributed by atoms with Gasteiger partial charge >= 0.3 is 7.60 Å². The van der Waals surface area contributed by atoms with Crippen LogP contribution < -0.4 is 0 Å². The molecule has 0 spiro atoms. The lowest BCUT2D eigenvalue weighted by Gasteiger charge is -2.21. The van der Waals surface area contributed by atoms with Crippen LogP contribution >= 0.6 is 7.60 Å². The van der Waals surface area contributed by atoms with Gasteiger partial charge in [-0.05, 0) is 18.8 Å². The first-order chi connectivity index (χ1) is 5.58. The Hall–Kier alpha value is 0.150. The molecule has 1 aliphatic carbocycles. The summed E-state index contributed by atoms with van der Waals surface area (Å²) >= 11 is 0. The average molecular weight is 192 g/mol. The third-order valence-corrected chi connectivity index (χ3v) is 2.90. The van der Waals surface area contributed by atoms with Crippen LogP contribution in [0.4, 0.5) is 0 Å². The molecule has 0 aliphatic heterocycles. The van der Waals surface area contributed by atoms with Crippen LogP contribution in [0.3, 0.4) is 0 Å². The Morgan fingerprint density at radius 2 is 2.00 bits per heavy atom. The second-order valence-electron chi connectivity index (χ2n) is 3.60. The van der Waals surface area contributed by atoms with Crippen molar-refractivity contribution in [2.24, 2.45) is 5.92 Å². The normalized spacial score (nSPS) is 25.2. The van der Waals surface area contributed by atoms with E-state index in [0.717, 1.165) is 12.8 Å². The molecule has 0 bridgehead atoms. The Bertz CT molecular complexity index is 169. The fourth-order valence-corrected chi connectivity index (χ4v) is 2.08. The first-order valence-electron chi connectivity index (χ1n) is 4.53. The molecule has 0 saturated heterocycles. The largest absolute Gasteiger partial charge is 0.325 e. The van der Waals surface area contributed by atoms with Gasteiger partial charge in [-0.1, -0.05) is 19.3 Å². The smallest absolute Gasteiger partial charge is 0.324 e. The van der Waals surface area contributed by atoms with Gasteiger partial charge in [0.15, 0.2) is 0 Å². The van der Waals surface area contributed by atoms with Crippen molar-refractivity contribution in [2.45, 2.75) is 32.1 Å². The molecule has 4 heteroatoms. The van der Waals surface area contributed by atoms with Crippen molar-refractivity contribution in [2.75, 3.05) is 13.3 Å². The molecule has 1 fully saturated rings. The van der Waals surface area contributed by atoms with Gasteiger partial charge in [-0.25, -0.2) is 0 Å². The zero-order chi connectivity index (χ0) is 9.03. The summed E-state index contributed by atoms with van der Waals surface area (Å²) in [7, 11) is -3.23. The van der Waals surface area contributed by atoms with Crippen LogP contribution in [0.5, 0.6) is 0 Å². The van der Waals surface area contributed by atoms with Gasteiger partial charge in [-0.3, -0.25) is 4.57 Å². The zero-order valence-electron chi connectivity index (χ0n) is 7.53. The van der Waals surface area contributed by atoms with Crippen molar-refractivity contribution in [1.82, 2.24) is 0 Å². The highest BCUT2D eigenvalue weighted by Gasteiger charge is 2.17. The molecule has 1 saturated carbocycles. The fourth-order valence-electron chi connectivity index (χ4n) is 1.60. The third-order valence-electron chi connectivity index (χ3n) is 2.27. The standard InChI is InChI=1S/C8H17O3P/c1-12(9,10)11-7-8-5-3-2-4-6-8/h8H,2-7H2,1H3,(H,9,10). The van der Waals surface area contributed by atoms with Crippen molar-refractivity contribution < 1.29 is 14.0 Å². The van der Waals surface area contributed by atoms with E-state index in [4.69, 9.17) is 9.42 Å². The summed E-state index contributed by atoms with van der Waals surface area (Å²) in [6.07, 6.45) is 6.10. The van der Waals surface area contributed by atoms with E-state index in [9.17, 15) is 4.57 Å². The van der Waals surface area contributed by atoms with Crippen molar-refractivity contribution in [1.29, 1.82) is 0 Å². The molecule has 0 heterocycles. The van der Waals surface area contributed by atoms with E-state index in [0.29, 0.717) is 12.5 Å². The van der Waals surface area contributed by atoms with E-state index in [1.54, 1.807) is 0 Å². The van der Waals surface area contributed by atoms with E-state index in [1.165, 1.54) is 25.9 Å². The molecule has 1 atom stereocenters. The van der Waals surface area contributed by atoms with Crippen molar-refractivity contribution in [3.63, 3.8) is 0 Å². The molecule has 12 heavy (non-hydrogen) atoms. The number of hydrogen-bond donors (Lipinski definition) is 1. The second-order valence-corrected chi connectivity index (χ2v) is 5.47. The highest BCUT2D eigenvalue weighted by molar-refractivity contribution is 7.51. The first kappa shape index (κ1) is 10.2. The maximum absolute atomic E-state index is 10.8. The molecule has 0 aromatic carbocycles. The first-order valence-corrected chi connectivity index (χ1v) is 6.55. The second kappa shape index (κ2) is 4.40. The van der Waals surface area contributed by atoms with Gasteiger partial charge in [0.2, 0.25) is 0 Å². The van der Waals surface area contributed by atoms with Crippen molar-refractivity contribution >= 4 is 7.60 Å². The average Bonchev–Trinajstić information content (AvgIpc) is 2.02. The number of rotatable bonds is 3. The lowest BCUT2D eigenvalue weighted by atomic mass is 9.90. The van der Waals surface area contributed by atoms with Gasteiger partial charge < -0.3 is 9.42 Å². The van der Waals surface area contributed by atoms with Crippen LogP contribution in [0.2, 0.25) is 0 Å². The highest BCUT2D eigenvalue weighted by atomic mass is 31.2. The van der Waals surface area contributed by atoms with Crippen LogP contribution in [0.25, 0.3) is 0 Å². The Balaban J connectivity index is 2.17. The molecular weight excluding hydrogens is 175 g/mol. The van der Waals surface area contributed by atoms with E-state index >= 15 is 0 Å². The summed E-state index contributed by atoms with van der Waals surface area (Å²) in [5.74, 6) is 0.513. The molecule has 0 amide bonds. The zero-order valence-corrected chi connectivity index (χ0v) is 8.43. The van der Waals surface area contributed by atoms with Crippen LogP contribution in [-0.2, 0) is 9.09 Å². The van der Waals surface area contributed by atoms with Crippen LogP contribution in [0.1, 0.15) is 32.1 Å². The minimum absolute atomic E-state index is 0.463. The predicted molar refractivity (Wildman–Crippen MR) is 48.3 cm³/mol. The molecule has 0 radical (unpaired) electrons. The monoisotopic (exact) mass is 192 g/mol.